The number of benzene rings is 1. The van der Waals surface area contributed by atoms with Gasteiger partial charge < -0.3 is 10.1 Å². The Hall–Kier alpha value is -2.93. The summed E-state index contributed by atoms with van der Waals surface area (Å²) in [6.07, 6.45) is 3.35. The van der Waals surface area contributed by atoms with Crippen molar-refractivity contribution in [2.24, 2.45) is 0 Å². The molecule has 6 nitrogen and oxygen atoms in total. The van der Waals surface area contributed by atoms with E-state index in [9.17, 15) is 8.42 Å². The third-order valence-electron chi connectivity index (χ3n) is 4.96. The number of aryl methyl sites for hydroxylation is 2. The Balaban J connectivity index is 1.80. The van der Waals surface area contributed by atoms with E-state index < -0.39 is 9.84 Å². The maximum atomic E-state index is 11.7. The van der Waals surface area contributed by atoms with E-state index in [4.69, 9.17) is 4.74 Å². The van der Waals surface area contributed by atoms with Crippen LogP contribution in [0.4, 0.5) is 5.69 Å². The van der Waals surface area contributed by atoms with E-state index in [0.29, 0.717) is 5.88 Å². The molecule has 0 radical (unpaired) electrons. The van der Waals surface area contributed by atoms with Crippen LogP contribution in [-0.4, -0.2) is 37.3 Å². The minimum atomic E-state index is -3.14. The molecule has 3 heterocycles. The molecule has 0 saturated carbocycles. The smallest absolute Gasteiger partial charge is 0.225 e. The molecule has 0 fully saturated rings. The lowest BCUT2D eigenvalue weighted by molar-refractivity contribution is 0.404. The molecule has 0 bridgehead atoms. The second-order valence-electron chi connectivity index (χ2n) is 6.98. The number of aromatic nitrogens is 2. The van der Waals surface area contributed by atoms with Crippen molar-refractivity contribution in [3.05, 3.63) is 59.1 Å². The lowest BCUT2D eigenvalue weighted by Crippen LogP contribution is -2.21. The van der Waals surface area contributed by atoms with E-state index in [-0.39, 0.29) is 11.8 Å². The summed E-state index contributed by atoms with van der Waals surface area (Å²) in [5, 5.41) is 5.25. The summed E-state index contributed by atoms with van der Waals surface area (Å²) in [5.41, 5.74) is 5.66. The molecule has 1 aliphatic heterocycles. The van der Waals surface area contributed by atoms with Crippen molar-refractivity contribution in [1.82, 2.24) is 9.97 Å². The molecule has 4 rings (SSSR count). The van der Waals surface area contributed by atoms with Crippen molar-refractivity contribution in [2.45, 2.75) is 19.9 Å². The van der Waals surface area contributed by atoms with Crippen molar-refractivity contribution in [1.29, 1.82) is 0 Å². The first-order valence-electron chi connectivity index (χ1n) is 8.95. The summed E-state index contributed by atoms with van der Waals surface area (Å²) in [6.45, 7) is 4.14. The van der Waals surface area contributed by atoms with E-state index in [2.05, 4.69) is 41.3 Å². The Morgan fingerprint density at radius 1 is 1.14 bits per heavy atom. The highest BCUT2D eigenvalue weighted by atomic mass is 32.2. The number of methoxy groups -OCH3 is 1. The number of anilines is 1. The molecule has 0 saturated heterocycles. The molecule has 7 heteroatoms. The van der Waals surface area contributed by atoms with Gasteiger partial charge in [-0.25, -0.2) is 13.4 Å². The molecule has 0 aliphatic carbocycles. The van der Waals surface area contributed by atoms with Gasteiger partial charge in [0.05, 0.1) is 41.2 Å². The Morgan fingerprint density at radius 3 is 2.64 bits per heavy atom. The SMILES string of the molecule is COc1nc(-c2ccc(C)c(C)c2)cc2nccc(N[C@@H]3C=CS(=O)(=O)C3)c12. The molecule has 28 heavy (non-hydrogen) atoms. The van der Waals surface area contributed by atoms with Crippen molar-refractivity contribution in [3.63, 3.8) is 0 Å². The number of fused-ring (bicyclic) bond motifs is 1. The van der Waals surface area contributed by atoms with Crippen LogP contribution >= 0.6 is 0 Å². The molecule has 0 amide bonds. The number of nitrogens with one attached hydrogen (secondary N) is 1. The van der Waals surface area contributed by atoms with Crippen molar-refractivity contribution >= 4 is 26.4 Å². The van der Waals surface area contributed by atoms with Crippen molar-refractivity contribution in [2.75, 3.05) is 18.2 Å². The molecule has 1 aromatic carbocycles. The van der Waals surface area contributed by atoms with Gasteiger partial charge in [-0.1, -0.05) is 18.2 Å². The molecule has 1 aliphatic rings. The first-order valence-corrected chi connectivity index (χ1v) is 10.7. The number of rotatable bonds is 4. The first-order chi connectivity index (χ1) is 13.4. The van der Waals surface area contributed by atoms with Gasteiger partial charge in [-0.3, -0.25) is 4.98 Å². The van der Waals surface area contributed by atoms with Crippen LogP contribution in [-0.2, 0) is 9.84 Å². The normalized spacial score (nSPS) is 17.8. The summed E-state index contributed by atoms with van der Waals surface area (Å²) >= 11 is 0. The van der Waals surface area contributed by atoms with Gasteiger partial charge in [0, 0.05) is 17.2 Å². The minimum Gasteiger partial charge on any atom is -0.480 e. The van der Waals surface area contributed by atoms with Crippen LogP contribution in [0, 0.1) is 13.8 Å². The maximum Gasteiger partial charge on any atom is 0.225 e. The number of sulfone groups is 1. The average molecular weight is 395 g/mol. The largest absolute Gasteiger partial charge is 0.480 e. The molecule has 2 aromatic heterocycles. The van der Waals surface area contributed by atoms with E-state index >= 15 is 0 Å². The van der Waals surface area contributed by atoms with Gasteiger partial charge in [0.15, 0.2) is 9.84 Å². The molecule has 144 valence electrons. The number of hydrogen-bond acceptors (Lipinski definition) is 6. The molecule has 0 spiro atoms. The van der Waals surface area contributed by atoms with Gasteiger partial charge in [-0.15, -0.1) is 0 Å². The third kappa shape index (κ3) is 3.45. The topological polar surface area (TPSA) is 81.2 Å². The number of pyridine rings is 2. The second-order valence-corrected chi connectivity index (χ2v) is 8.91. The molecule has 1 N–H and O–H groups in total. The predicted octanol–water partition coefficient (Wildman–Crippen LogP) is 3.64. The Kier molecular flexibility index (Phi) is 4.55. The Labute approximate surface area is 164 Å². The van der Waals surface area contributed by atoms with Gasteiger partial charge >= 0.3 is 0 Å². The number of nitrogens with zero attached hydrogens (tertiary/aromatic N) is 2. The zero-order chi connectivity index (χ0) is 19.9. The summed E-state index contributed by atoms with van der Waals surface area (Å²) in [5.74, 6) is 0.485. The van der Waals surface area contributed by atoms with E-state index in [1.165, 1.54) is 16.5 Å². The van der Waals surface area contributed by atoms with Gasteiger partial charge in [0.2, 0.25) is 5.88 Å². The summed E-state index contributed by atoms with van der Waals surface area (Å²) in [7, 11) is -1.57. The number of ether oxygens (including phenoxy) is 1. The van der Waals surface area contributed by atoms with Crippen LogP contribution in [0.5, 0.6) is 5.88 Å². The quantitative estimate of drug-likeness (QED) is 0.726. The van der Waals surface area contributed by atoms with E-state index in [1.807, 2.05) is 12.1 Å². The Morgan fingerprint density at radius 2 is 1.96 bits per heavy atom. The maximum absolute atomic E-state index is 11.7. The fraction of sp³-hybridized carbons (Fsp3) is 0.238. The standard InChI is InChI=1S/C21H21N3O3S/c1-13-4-5-15(10-14(13)2)18-11-19-20(21(24-18)27-3)17(6-8-22-19)23-16-7-9-28(25,26)12-16/h4-11,16H,12H2,1-3H3,(H,22,23)/t16-/m1/s1. The van der Waals surface area contributed by atoms with Crippen LogP contribution in [0.2, 0.25) is 0 Å². The van der Waals surface area contributed by atoms with Crippen LogP contribution in [0.25, 0.3) is 22.2 Å². The average Bonchev–Trinajstić information content (AvgIpc) is 3.01. The predicted molar refractivity (Wildman–Crippen MR) is 111 cm³/mol. The molecular formula is C21H21N3O3S. The highest BCUT2D eigenvalue weighted by Gasteiger charge is 2.23. The van der Waals surface area contributed by atoms with Crippen molar-refractivity contribution in [3.8, 4) is 17.1 Å². The monoisotopic (exact) mass is 395 g/mol. The summed E-state index contributed by atoms with van der Waals surface area (Å²) in [6, 6.07) is 9.64. The fourth-order valence-corrected chi connectivity index (χ4v) is 4.56. The highest BCUT2D eigenvalue weighted by molar-refractivity contribution is 7.94. The van der Waals surface area contributed by atoms with Gasteiger partial charge in [-0.05, 0) is 43.2 Å². The second kappa shape index (κ2) is 6.91. The third-order valence-corrected chi connectivity index (χ3v) is 6.35. The highest BCUT2D eigenvalue weighted by Crippen LogP contribution is 2.34. The van der Waals surface area contributed by atoms with Gasteiger partial charge in [0.25, 0.3) is 0 Å². The van der Waals surface area contributed by atoms with E-state index in [1.54, 1.807) is 25.4 Å². The van der Waals surface area contributed by atoms with E-state index in [0.717, 1.165) is 27.8 Å². The summed E-state index contributed by atoms with van der Waals surface area (Å²) in [4.78, 5) is 9.17. The lowest BCUT2D eigenvalue weighted by atomic mass is 10.0. The lowest BCUT2D eigenvalue weighted by Gasteiger charge is -2.16. The molecule has 1 atom stereocenters. The van der Waals surface area contributed by atoms with Gasteiger partial charge in [-0.2, -0.15) is 0 Å². The van der Waals surface area contributed by atoms with Crippen molar-refractivity contribution < 1.29 is 13.2 Å². The fourth-order valence-electron chi connectivity index (χ4n) is 3.32. The zero-order valence-electron chi connectivity index (χ0n) is 15.9. The Bertz CT molecular complexity index is 1200. The summed E-state index contributed by atoms with van der Waals surface area (Å²) < 4.78 is 29.0. The zero-order valence-corrected chi connectivity index (χ0v) is 16.7. The molecule has 3 aromatic rings. The van der Waals surface area contributed by atoms with Gasteiger partial charge in [0.1, 0.15) is 0 Å². The van der Waals surface area contributed by atoms with Crippen LogP contribution in [0.3, 0.4) is 0 Å². The van der Waals surface area contributed by atoms with Crippen LogP contribution < -0.4 is 10.1 Å². The van der Waals surface area contributed by atoms with Crippen LogP contribution in [0.15, 0.2) is 48.0 Å². The molecular weight excluding hydrogens is 374 g/mol. The minimum absolute atomic E-state index is 0.0350. The first kappa shape index (κ1) is 18.4. The van der Waals surface area contributed by atoms with Crippen LogP contribution in [0.1, 0.15) is 11.1 Å². The molecule has 0 unspecified atom stereocenters. The number of hydrogen-bond donors (Lipinski definition) is 1.